The molecule has 29 nitrogen and oxygen atoms in total. The van der Waals surface area contributed by atoms with Gasteiger partial charge >= 0.3 is 0 Å². The molecule has 4 aliphatic rings. The van der Waals surface area contributed by atoms with Crippen molar-refractivity contribution in [2.75, 3.05) is 139 Å². The van der Waals surface area contributed by atoms with E-state index in [0.29, 0.717) is 104 Å². The fourth-order valence-electron chi connectivity index (χ4n) is 8.89. The lowest BCUT2D eigenvalue weighted by Crippen LogP contribution is -2.59. The van der Waals surface area contributed by atoms with Gasteiger partial charge in [-0.2, -0.15) is 0 Å². The molecule has 0 aromatic carbocycles. The summed E-state index contributed by atoms with van der Waals surface area (Å²) in [5.74, 6) is -0.397. The predicted molar refractivity (Wildman–Crippen MR) is 321 cm³/mol. The van der Waals surface area contributed by atoms with E-state index in [1.54, 1.807) is 20.8 Å². The van der Waals surface area contributed by atoms with E-state index >= 15 is 0 Å². The highest BCUT2D eigenvalue weighted by Crippen LogP contribution is 2.29. The van der Waals surface area contributed by atoms with E-state index in [9.17, 15) is 46.0 Å². The summed E-state index contributed by atoms with van der Waals surface area (Å²) in [6, 6.07) is 0.820. The first-order valence-corrected chi connectivity index (χ1v) is 31.4. The Morgan fingerprint density at radius 2 is 0.648 bits per heavy atom. The van der Waals surface area contributed by atoms with Gasteiger partial charge in [-0.1, -0.05) is 62.3 Å². The molecule has 29 heteroatoms. The Morgan fingerprint density at radius 3 is 1.00 bits per heavy atom. The van der Waals surface area contributed by atoms with Crippen LogP contribution < -0.4 is 16.0 Å². The normalized spacial score (nSPS) is 32.7. The molecule has 4 saturated heterocycles. The summed E-state index contributed by atoms with van der Waals surface area (Å²) >= 11 is 0. The van der Waals surface area contributed by atoms with Gasteiger partial charge in [0.1, 0.15) is 61.0 Å². The van der Waals surface area contributed by atoms with Crippen LogP contribution in [0.5, 0.6) is 0 Å². The fraction of sp³-hybridized carbons (Fsp3) is 1.00. The van der Waals surface area contributed by atoms with Gasteiger partial charge in [0.2, 0.25) is 0 Å². The molecule has 4 fully saturated rings. The van der Waals surface area contributed by atoms with Crippen molar-refractivity contribution in [2.24, 2.45) is 23.7 Å². The number of rotatable bonds is 38. The molecule has 0 bridgehead atoms. The van der Waals surface area contributed by atoms with E-state index < -0.39 is 117 Å². The lowest BCUT2D eigenvalue weighted by Gasteiger charge is -2.40. The average Bonchev–Trinajstić information content (AvgIpc) is 3.53. The van der Waals surface area contributed by atoms with Crippen LogP contribution in [0.25, 0.3) is 0 Å². The molecular weight excluding hydrogens is 1170 g/mol. The highest BCUT2D eigenvalue weighted by atomic mass is 16.7. The maximum atomic E-state index is 9.94. The van der Waals surface area contributed by atoms with Crippen LogP contribution in [-0.4, -0.2) is 327 Å². The van der Waals surface area contributed by atoms with E-state index in [1.165, 1.54) is 0 Å². The number of hydrogen-bond donors (Lipinski definition) is 16. The van der Waals surface area contributed by atoms with Crippen LogP contribution in [0.1, 0.15) is 95.9 Å². The molecule has 0 spiro atoms. The molecule has 20 atom stereocenters. The second kappa shape index (κ2) is 48.5. The van der Waals surface area contributed by atoms with Crippen molar-refractivity contribution in [3.05, 3.63) is 0 Å². The lowest BCUT2D eigenvalue weighted by atomic mass is 9.92. The van der Waals surface area contributed by atoms with Crippen molar-refractivity contribution >= 4 is 0 Å². The molecule has 4 rings (SSSR count). The van der Waals surface area contributed by atoms with Crippen LogP contribution in [0.2, 0.25) is 0 Å². The third-order valence-corrected chi connectivity index (χ3v) is 14.4. The Balaban J connectivity index is 0.000000591. The van der Waals surface area contributed by atoms with Crippen molar-refractivity contribution in [1.29, 1.82) is 0 Å². The molecular formula is C59H121N3O26. The zero-order valence-electron chi connectivity index (χ0n) is 54.7. The number of aliphatic hydroxyl groups is 13. The largest absolute Gasteiger partial charge is 0.394 e. The van der Waals surface area contributed by atoms with Crippen LogP contribution in [0, 0.1) is 23.7 Å². The summed E-state index contributed by atoms with van der Waals surface area (Å²) in [5.41, 5.74) is 0.0914. The molecule has 20 unspecified atom stereocenters. The first-order valence-electron chi connectivity index (χ1n) is 31.4. The molecule has 0 radical (unpaired) electrons. The highest BCUT2D eigenvalue weighted by molar-refractivity contribution is 4.90. The molecule has 4 aliphatic heterocycles. The van der Waals surface area contributed by atoms with E-state index in [0.717, 1.165) is 25.9 Å². The zero-order chi connectivity index (χ0) is 66.4. The van der Waals surface area contributed by atoms with E-state index in [1.807, 2.05) is 13.8 Å². The number of ether oxygens (including phenoxy) is 13. The minimum atomic E-state index is -1.44. The Hall–Kier alpha value is -1.16. The summed E-state index contributed by atoms with van der Waals surface area (Å²) < 4.78 is 70.5. The topological polar surface area (TPSA) is 419 Å². The second-order valence-electron chi connectivity index (χ2n) is 24.4. The Bertz CT molecular complexity index is 1630. The molecule has 0 aromatic rings. The van der Waals surface area contributed by atoms with Crippen LogP contribution in [-0.2, 0) is 61.6 Å². The van der Waals surface area contributed by atoms with Crippen LogP contribution in [0.15, 0.2) is 0 Å². The number of aliphatic hydroxyl groups excluding tert-OH is 13. The van der Waals surface area contributed by atoms with Gasteiger partial charge in [-0.05, 0) is 39.5 Å². The zero-order valence-corrected chi connectivity index (χ0v) is 54.7. The Kier molecular flexibility index (Phi) is 46.8. The molecule has 528 valence electrons. The van der Waals surface area contributed by atoms with Gasteiger partial charge in [0, 0.05) is 61.6 Å². The second-order valence-corrected chi connectivity index (χ2v) is 24.4. The molecule has 4 heterocycles. The smallest absolute Gasteiger partial charge is 0.186 e. The molecule has 0 aromatic heterocycles. The minimum absolute atomic E-state index is 0.0914. The Morgan fingerprint density at radius 1 is 0.352 bits per heavy atom. The summed E-state index contributed by atoms with van der Waals surface area (Å²) in [6.07, 6.45) is -14.7. The monoisotopic (exact) mass is 1290 g/mol. The molecule has 0 amide bonds. The minimum Gasteiger partial charge on any atom is -0.394 e. The first kappa shape index (κ1) is 84.9. The molecule has 88 heavy (non-hydrogen) atoms. The fourth-order valence-corrected chi connectivity index (χ4v) is 8.89. The van der Waals surface area contributed by atoms with Crippen molar-refractivity contribution in [3.8, 4) is 0 Å². The van der Waals surface area contributed by atoms with Crippen LogP contribution >= 0.6 is 0 Å². The van der Waals surface area contributed by atoms with Crippen LogP contribution in [0.3, 0.4) is 0 Å². The quantitative estimate of drug-likeness (QED) is 0.0273. The van der Waals surface area contributed by atoms with Crippen molar-refractivity contribution in [1.82, 2.24) is 16.0 Å². The van der Waals surface area contributed by atoms with Gasteiger partial charge in [-0.25, -0.2) is 0 Å². The maximum absolute atomic E-state index is 9.94. The molecule has 0 saturated carbocycles. The third kappa shape index (κ3) is 34.8. The van der Waals surface area contributed by atoms with E-state index in [4.69, 9.17) is 82.0 Å². The third-order valence-electron chi connectivity index (χ3n) is 14.4. The molecule has 0 aliphatic carbocycles. The van der Waals surface area contributed by atoms with E-state index in [-0.39, 0.29) is 50.4 Å². The van der Waals surface area contributed by atoms with Gasteiger partial charge in [-0.15, -0.1) is 0 Å². The summed E-state index contributed by atoms with van der Waals surface area (Å²) in [6.45, 7) is 31.0. The van der Waals surface area contributed by atoms with Gasteiger partial charge in [0.25, 0.3) is 0 Å². The summed E-state index contributed by atoms with van der Waals surface area (Å²) in [5, 5.41) is 134. The van der Waals surface area contributed by atoms with Gasteiger partial charge in [-0.3, -0.25) is 0 Å². The van der Waals surface area contributed by atoms with Crippen molar-refractivity contribution in [2.45, 2.75) is 218 Å². The van der Waals surface area contributed by atoms with Gasteiger partial charge in [0.05, 0.1) is 131 Å². The standard InChI is InChI=1S/C17H35NO7.C15H31NO8.C15H30O6.C12H25NO5/c1-12-14(20)15(21)13(11-19)25-16(12)24-10-9-23-8-7-22-6-5-18-17(2,3)4;1-10(2)16-3-4-21-5-6-22-7-8-23-15-14(20)13(19)12(18)11(9-17)24-15;1-10(2)5-4-6-19-7-8-20-15-11(3)13(17)14(18)12(9-16)21-15;1-7(2)13-4-5-17-12-8(3)10(15)11(16)9(6-14)18-12/h12-16,18-21H,5-11H2,1-4H3;10-20H,3-9H2,1-2H3;10-18H,4-9H2,1-3H3;7-16H,4-6H2,1-3H3. The number of nitrogens with one attached hydrogen (secondary N) is 3. The summed E-state index contributed by atoms with van der Waals surface area (Å²) in [7, 11) is 0. The lowest BCUT2D eigenvalue weighted by molar-refractivity contribution is -0.302. The van der Waals surface area contributed by atoms with Gasteiger partial charge < -0.3 is 144 Å². The van der Waals surface area contributed by atoms with Gasteiger partial charge in [0.15, 0.2) is 25.2 Å². The summed E-state index contributed by atoms with van der Waals surface area (Å²) in [4.78, 5) is 0. The number of hydrogen-bond acceptors (Lipinski definition) is 29. The molecule has 16 N–H and O–H groups in total. The van der Waals surface area contributed by atoms with Crippen molar-refractivity contribution in [3.63, 3.8) is 0 Å². The predicted octanol–water partition coefficient (Wildman–Crippen LogP) is -3.06. The first-order chi connectivity index (χ1) is 41.7. The average molecular weight is 1290 g/mol. The van der Waals surface area contributed by atoms with E-state index in [2.05, 4.69) is 64.4 Å². The maximum Gasteiger partial charge on any atom is 0.186 e. The SMILES string of the molecule is CC(C)CCCOCCOC1OC(CO)C(O)C(O)C1C.CC(C)NCCOC1OC(CO)C(O)C(O)C1C.CC(C)NCCOCCOCCOC1OC(CO)C(O)C(O)C1O.CC1C(OCCOCCOCCNC(C)(C)C)OC(CO)C(O)C1O. The van der Waals surface area contributed by atoms with Crippen molar-refractivity contribution < 1.29 is 128 Å². The van der Waals surface area contributed by atoms with Crippen LogP contribution in [0.4, 0.5) is 0 Å². The Labute approximate surface area is 522 Å². The highest BCUT2D eigenvalue weighted by Gasteiger charge is 2.46.